The van der Waals surface area contributed by atoms with E-state index in [1.807, 2.05) is 4.90 Å². The van der Waals surface area contributed by atoms with Crippen LogP contribution in [0.5, 0.6) is 0 Å². The summed E-state index contributed by atoms with van der Waals surface area (Å²) in [6, 6.07) is 0.367. The smallest absolute Gasteiger partial charge is 0.236 e. The van der Waals surface area contributed by atoms with Crippen molar-refractivity contribution in [2.24, 2.45) is 11.1 Å². The maximum atomic E-state index is 12.8. The van der Waals surface area contributed by atoms with Crippen molar-refractivity contribution >= 4 is 23.1 Å². The lowest BCUT2D eigenvalue weighted by Crippen LogP contribution is -2.54. The molecule has 2 heterocycles. The summed E-state index contributed by atoms with van der Waals surface area (Å²) in [6.45, 7) is 4.14. The average molecular weight is 270 g/mol. The molecule has 1 amide bonds. The van der Waals surface area contributed by atoms with Gasteiger partial charge >= 0.3 is 0 Å². The summed E-state index contributed by atoms with van der Waals surface area (Å²) in [5.41, 5.74) is 5.24. The fraction of sp³-hybridized carbons (Fsp3) is 0.846. The van der Waals surface area contributed by atoms with E-state index in [9.17, 15) is 4.79 Å². The molecule has 0 aromatic rings. The fourth-order valence-electron chi connectivity index (χ4n) is 3.09. The lowest BCUT2D eigenvalue weighted by atomic mass is 9.78. The van der Waals surface area contributed by atoms with Crippen LogP contribution in [0.4, 0.5) is 0 Å². The van der Waals surface area contributed by atoms with E-state index < -0.39 is 5.41 Å². The van der Waals surface area contributed by atoms with Crippen molar-refractivity contribution in [1.29, 1.82) is 0 Å². The van der Waals surface area contributed by atoms with Gasteiger partial charge in [-0.25, -0.2) is 0 Å². The number of hydrogen-bond acceptors (Lipinski definition) is 3. The van der Waals surface area contributed by atoms with E-state index in [1.165, 1.54) is 0 Å². The number of amides is 1. The normalized spacial score (nSPS) is 27.2. The number of hydrogen-bond donors (Lipinski definition) is 1. The Kier molecular flexibility index (Phi) is 4.22. The third-order valence-corrected chi connectivity index (χ3v) is 4.73. The topological polar surface area (TPSA) is 55.6 Å². The fourth-order valence-corrected chi connectivity index (χ4v) is 3.38. The molecule has 4 nitrogen and oxygen atoms in total. The Morgan fingerprint density at radius 2 is 2.17 bits per heavy atom. The maximum Gasteiger partial charge on any atom is 0.236 e. The molecule has 0 aliphatic carbocycles. The van der Waals surface area contributed by atoms with Gasteiger partial charge in [-0.3, -0.25) is 4.79 Å². The molecule has 0 radical (unpaired) electrons. The molecule has 1 unspecified atom stereocenters. The van der Waals surface area contributed by atoms with Gasteiger partial charge in [0.15, 0.2) is 0 Å². The van der Waals surface area contributed by atoms with Crippen molar-refractivity contribution < 1.29 is 9.53 Å². The Balaban J connectivity index is 2.20. The Hall–Kier alpha value is -0.680. The van der Waals surface area contributed by atoms with Gasteiger partial charge < -0.3 is 15.4 Å². The van der Waals surface area contributed by atoms with Crippen molar-refractivity contribution in [3.8, 4) is 0 Å². The van der Waals surface area contributed by atoms with Crippen LogP contribution in [-0.4, -0.2) is 41.6 Å². The Labute approximate surface area is 114 Å². The number of likely N-dealkylation sites (tertiary alicyclic amines) is 1. The van der Waals surface area contributed by atoms with Gasteiger partial charge in [-0.2, -0.15) is 0 Å². The van der Waals surface area contributed by atoms with E-state index in [-0.39, 0.29) is 5.91 Å². The standard InChI is InChI=1S/C13H22N2O2S/c1-2-10-4-3-7-15(10)12(16)13(11(14)18)5-8-17-9-6-13/h10H,2-9H2,1H3,(H2,14,18). The molecule has 0 spiro atoms. The molecule has 2 saturated heterocycles. The van der Waals surface area contributed by atoms with E-state index in [0.717, 1.165) is 25.8 Å². The van der Waals surface area contributed by atoms with Crippen LogP contribution >= 0.6 is 12.2 Å². The molecule has 2 fully saturated rings. The highest BCUT2D eigenvalue weighted by Crippen LogP contribution is 2.36. The van der Waals surface area contributed by atoms with E-state index in [1.54, 1.807) is 0 Å². The second-order valence-corrected chi connectivity index (χ2v) is 5.70. The van der Waals surface area contributed by atoms with Crippen LogP contribution in [0.3, 0.4) is 0 Å². The first-order valence-electron chi connectivity index (χ1n) is 6.80. The highest BCUT2D eigenvalue weighted by atomic mass is 32.1. The van der Waals surface area contributed by atoms with Crippen LogP contribution in [0.15, 0.2) is 0 Å². The quantitative estimate of drug-likeness (QED) is 0.789. The zero-order chi connectivity index (χ0) is 13.2. The predicted octanol–water partition coefficient (Wildman–Crippen LogP) is 1.47. The molecule has 2 rings (SSSR count). The van der Waals surface area contributed by atoms with Crippen LogP contribution in [-0.2, 0) is 9.53 Å². The molecule has 0 aromatic heterocycles. The maximum absolute atomic E-state index is 12.8. The minimum absolute atomic E-state index is 0.141. The summed E-state index contributed by atoms with van der Waals surface area (Å²) in [5.74, 6) is 0.141. The van der Waals surface area contributed by atoms with Gasteiger partial charge in [0.25, 0.3) is 0 Å². The van der Waals surface area contributed by atoms with Crippen molar-refractivity contribution in [3.05, 3.63) is 0 Å². The number of carbonyl (C=O) groups excluding carboxylic acids is 1. The van der Waals surface area contributed by atoms with Gasteiger partial charge in [0.05, 0.1) is 4.99 Å². The van der Waals surface area contributed by atoms with Crippen LogP contribution in [0, 0.1) is 5.41 Å². The number of thiocarbonyl (C=S) groups is 1. The van der Waals surface area contributed by atoms with Crippen LogP contribution in [0.25, 0.3) is 0 Å². The van der Waals surface area contributed by atoms with E-state index in [4.69, 9.17) is 22.7 Å². The molecule has 2 N–H and O–H groups in total. The number of nitrogens with zero attached hydrogens (tertiary/aromatic N) is 1. The molecule has 0 saturated carbocycles. The van der Waals surface area contributed by atoms with Crippen LogP contribution < -0.4 is 5.73 Å². The lowest BCUT2D eigenvalue weighted by Gasteiger charge is -2.39. The van der Waals surface area contributed by atoms with E-state index >= 15 is 0 Å². The Morgan fingerprint density at radius 3 is 2.72 bits per heavy atom. The molecular weight excluding hydrogens is 248 g/mol. The lowest BCUT2D eigenvalue weighted by molar-refractivity contribution is -0.143. The van der Waals surface area contributed by atoms with Gasteiger partial charge in [-0.05, 0) is 32.1 Å². The molecular formula is C13H22N2O2S. The van der Waals surface area contributed by atoms with E-state index in [0.29, 0.717) is 37.1 Å². The van der Waals surface area contributed by atoms with Crippen molar-refractivity contribution in [2.45, 2.75) is 45.1 Å². The molecule has 18 heavy (non-hydrogen) atoms. The summed E-state index contributed by atoms with van der Waals surface area (Å²) >= 11 is 5.19. The molecule has 0 aromatic carbocycles. The van der Waals surface area contributed by atoms with Gasteiger partial charge in [-0.15, -0.1) is 0 Å². The van der Waals surface area contributed by atoms with Crippen LogP contribution in [0.1, 0.15) is 39.0 Å². The van der Waals surface area contributed by atoms with Crippen molar-refractivity contribution in [3.63, 3.8) is 0 Å². The zero-order valence-corrected chi connectivity index (χ0v) is 11.8. The monoisotopic (exact) mass is 270 g/mol. The molecule has 5 heteroatoms. The molecule has 0 bridgehead atoms. The summed E-state index contributed by atoms with van der Waals surface area (Å²) in [4.78, 5) is 15.2. The zero-order valence-electron chi connectivity index (χ0n) is 11.0. The first kappa shape index (κ1) is 13.7. The minimum Gasteiger partial charge on any atom is -0.392 e. The van der Waals surface area contributed by atoms with E-state index in [2.05, 4.69) is 6.92 Å². The Bertz CT molecular complexity index is 340. The number of carbonyl (C=O) groups is 1. The van der Waals surface area contributed by atoms with Gasteiger partial charge in [0.1, 0.15) is 5.41 Å². The highest BCUT2D eigenvalue weighted by Gasteiger charge is 2.47. The second kappa shape index (κ2) is 5.53. The average Bonchev–Trinajstić information content (AvgIpc) is 2.86. The van der Waals surface area contributed by atoms with Crippen molar-refractivity contribution in [2.75, 3.05) is 19.8 Å². The highest BCUT2D eigenvalue weighted by molar-refractivity contribution is 7.80. The number of rotatable bonds is 3. The molecule has 102 valence electrons. The minimum atomic E-state index is -0.647. The summed E-state index contributed by atoms with van der Waals surface area (Å²) in [5, 5.41) is 0. The summed E-state index contributed by atoms with van der Waals surface area (Å²) in [7, 11) is 0. The third kappa shape index (κ3) is 2.26. The van der Waals surface area contributed by atoms with Gasteiger partial charge in [-0.1, -0.05) is 19.1 Å². The number of nitrogens with two attached hydrogens (primary N) is 1. The summed E-state index contributed by atoms with van der Waals surface area (Å²) < 4.78 is 5.35. The summed E-state index contributed by atoms with van der Waals surface area (Å²) in [6.07, 6.45) is 4.47. The van der Waals surface area contributed by atoms with Crippen LogP contribution in [0.2, 0.25) is 0 Å². The first-order chi connectivity index (χ1) is 8.62. The molecule has 1 atom stereocenters. The van der Waals surface area contributed by atoms with Gasteiger partial charge in [0, 0.05) is 25.8 Å². The largest absolute Gasteiger partial charge is 0.392 e. The SMILES string of the molecule is CCC1CCCN1C(=O)C1(C(N)=S)CCOCC1. The third-order valence-electron chi connectivity index (χ3n) is 4.34. The first-order valence-corrected chi connectivity index (χ1v) is 7.21. The molecule has 2 aliphatic rings. The predicted molar refractivity (Wildman–Crippen MR) is 74.3 cm³/mol. The van der Waals surface area contributed by atoms with Crippen molar-refractivity contribution in [1.82, 2.24) is 4.90 Å². The second-order valence-electron chi connectivity index (χ2n) is 5.26. The Morgan fingerprint density at radius 1 is 1.50 bits per heavy atom. The molecule has 2 aliphatic heterocycles. The number of ether oxygens (including phenoxy) is 1. The van der Waals surface area contributed by atoms with Gasteiger partial charge in [0.2, 0.25) is 5.91 Å².